The van der Waals surface area contributed by atoms with E-state index in [2.05, 4.69) is 15.0 Å². The molecule has 1 aromatic heterocycles. The van der Waals surface area contributed by atoms with Gasteiger partial charge >= 0.3 is 0 Å². The van der Waals surface area contributed by atoms with Gasteiger partial charge in [0.05, 0.1) is 12.1 Å². The first-order valence-corrected chi connectivity index (χ1v) is 5.04. The van der Waals surface area contributed by atoms with Crippen molar-refractivity contribution in [3.63, 3.8) is 0 Å². The van der Waals surface area contributed by atoms with E-state index in [0.717, 1.165) is 0 Å². The second-order valence-corrected chi connectivity index (χ2v) is 3.61. The first-order valence-electron chi connectivity index (χ1n) is 4.66. The summed E-state index contributed by atoms with van der Waals surface area (Å²) < 4.78 is 0. The molecular formula is C9H10ClN7. The van der Waals surface area contributed by atoms with Gasteiger partial charge < -0.3 is 9.80 Å². The maximum absolute atomic E-state index is 8.66. The molecule has 0 spiro atoms. The first-order chi connectivity index (χ1) is 8.08. The van der Waals surface area contributed by atoms with Crippen molar-refractivity contribution in [2.24, 2.45) is 0 Å². The van der Waals surface area contributed by atoms with Crippen molar-refractivity contribution >= 4 is 23.5 Å². The minimum atomic E-state index is 0.0147. The molecular weight excluding hydrogens is 242 g/mol. The third kappa shape index (κ3) is 3.44. The molecule has 0 aliphatic heterocycles. The van der Waals surface area contributed by atoms with Gasteiger partial charge in [0.25, 0.3) is 0 Å². The smallest absolute Gasteiger partial charge is 0.233 e. The van der Waals surface area contributed by atoms with Crippen LogP contribution >= 0.6 is 11.6 Å². The fraction of sp³-hybridized carbons (Fsp3) is 0.444. The second-order valence-electron chi connectivity index (χ2n) is 3.27. The van der Waals surface area contributed by atoms with Crippen molar-refractivity contribution in [2.75, 3.05) is 37.0 Å². The second kappa shape index (κ2) is 5.83. The SMILES string of the molecule is CN(C)c1nc(Cl)nc(N(CC#N)CC#N)n1. The minimum absolute atomic E-state index is 0.0147. The van der Waals surface area contributed by atoms with Crippen molar-refractivity contribution < 1.29 is 0 Å². The number of nitriles is 2. The molecule has 0 unspecified atom stereocenters. The largest absolute Gasteiger partial charge is 0.347 e. The summed E-state index contributed by atoms with van der Waals surface area (Å²) in [5.41, 5.74) is 0. The van der Waals surface area contributed by atoms with Gasteiger partial charge in [-0.05, 0) is 11.6 Å². The average molecular weight is 252 g/mol. The Bertz CT molecular complexity index is 457. The highest BCUT2D eigenvalue weighted by Gasteiger charge is 2.13. The fourth-order valence-electron chi connectivity index (χ4n) is 1.04. The van der Waals surface area contributed by atoms with Gasteiger partial charge in [0.1, 0.15) is 13.1 Å². The number of hydrogen-bond donors (Lipinski definition) is 0. The Hall–Kier alpha value is -2.12. The van der Waals surface area contributed by atoms with Gasteiger partial charge in [-0.15, -0.1) is 0 Å². The molecule has 0 aromatic carbocycles. The van der Waals surface area contributed by atoms with Crippen LogP contribution < -0.4 is 9.80 Å². The highest BCUT2D eigenvalue weighted by molar-refractivity contribution is 6.28. The zero-order valence-corrected chi connectivity index (χ0v) is 10.2. The zero-order valence-electron chi connectivity index (χ0n) is 9.42. The molecule has 7 nitrogen and oxygen atoms in total. The molecule has 0 radical (unpaired) electrons. The average Bonchev–Trinajstić information content (AvgIpc) is 2.28. The van der Waals surface area contributed by atoms with Crippen molar-refractivity contribution in [1.82, 2.24) is 15.0 Å². The Morgan fingerprint density at radius 1 is 1.06 bits per heavy atom. The van der Waals surface area contributed by atoms with Crippen molar-refractivity contribution in [1.29, 1.82) is 10.5 Å². The van der Waals surface area contributed by atoms with Gasteiger partial charge in [0.2, 0.25) is 17.2 Å². The molecule has 17 heavy (non-hydrogen) atoms. The lowest BCUT2D eigenvalue weighted by molar-refractivity contribution is 0.863. The van der Waals surface area contributed by atoms with E-state index in [1.807, 2.05) is 12.1 Å². The predicted octanol–water partition coefficient (Wildman–Crippen LogP) is 0.445. The van der Waals surface area contributed by atoms with E-state index in [1.54, 1.807) is 19.0 Å². The molecule has 0 fully saturated rings. The fourth-order valence-corrected chi connectivity index (χ4v) is 1.19. The van der Waals surface area contributed by atoms with Crippen LogP contribution in [0.4, 0.5) is 11.9 Å². The number of rotatable bonds is 4. The molecule has 0 amide bonds. The van der Waals surface area contributed by atoms with Gasteiger partial charge in [-0.1, -0.05) is 0 Å². The lowest BCUT2D eigenvalue weighted by Crippen LogP contribution is -2.27. The Morgan fingerprint density at radius 3 is 2.06 bits per heavy atom. The molecule has 0 bridgehead atoms. The number of halogens is 1. The molecule has 0 N–H and O–H groups in total. The molecule has 0 aliphatic carbocycles. The maximum Gasteiger partial charge on any atom is 0.233 e. The molecule has 1 heterocycles. The minimum Gasteiger partial charge on any atom is -0.347 e. The molecule has 88 valence electrons. The van der Waals surface area contributed by atoms with Gasteiger partial charge in [-0.3, -0.25) is 0 Å². The quantitative estimate of drug-likeness (QED) is 0.717. The zero-order chi connectivity index (χ0) is 12.8. The molecule has 0 saturated heterocycles. The van der Waals surface area contributed by atoms with Crippen molar-refractivity contribution in [3.05, 3.63) is 5.28 Å². The summed E-state index contributed by atoms with van der Waals surface area (Å²) in [5.74, 6) is 0.595. The Labute approximate surface area is 104 Å². The van der Waals surface area contributed by atoms with Crippen LogP contribution in [-0.4, -0.2) is 42.1 Å². The molecule has 0 atom stereocenters. The van der Waals surface area contributed by atoms with E-state index in [0.29, 0.717) is 5.95 Å². The van der Waals surface area contributed by atoms with E-state index in [1.165, 1.54) is 4.90 Å². The van der Waals surface area contributed by atoms with Crippen LogP contribution in [0.15, 0.2) is 0 Å². The Balaban J connectivity index is 3.11. The third-order valence-electron chi connectivity index (χ3n) is 1.79. The highest BCUT2D eigenvalue weighted by Crippen LogP contribution is 2.14. The lowest BCUT2D eigenvalue weighted by Gasteiger charge is -2.17. The van der Waals surface area contributed by atoms with Crippen LogP contribution in [0.25, 0.3) is 0 Å². The highest BCUT2D eigenvalue weighted by atomic mass is 35.5. The summed E-state index contributed by atoms with van der Waals surface area (Å²) in [4.78, 5) is 15.0. The molecule has 0 aliphatic rings. The summed E-state index contributed by atoms with van der Waals surface area (Å²) in [6.07, 6.45) is 0. The summed E-state index contributed by atoms with van der Waals surface area (Å²) in [6, 6.07) is 3.87. The van der Waals surface area contributed by atoms with Crippen molar-refractivity contribution in [2.45, 2.75) is 0 Å². The van der Waals surface area contributed by atoms with Crippen LogP contribution in [0.1, 0.15) is 0 Å². The van der Waals surface area contributed by atoms with Crippen LogP contribution in [0, 0.1) is 22.7 Å². The maximum atomic E-state index is 8.66. The predicted molar refractivity (Wildman–Crippen MR) is 62.6 cm³/mol. The topological polar surface area (TPSA) is 92.7 Å². The molecule has 8 heteroatoms. The van der Waals surface area contributed by atoms with Gasteiger partial charge in [0.15, 0.2) is 0 Å². The number of aromatic nitrogens is 3. The normalized spacial score (nSPS) is 9.24. The summed E-state index contributed by atoms with van der Waals surface area (Å²) in [7, 11) is 3.52. The van der Waals surface area contributed by atoms with E-state index < -0.39 is 0 Å². The van der Waals surface area contributed by atoms with Crippen LogP contribution in [0.3, 0.4) is 0 Å². The van der Waals surface area contributed by atoms with Crippen LogP contribution in [-0.2, 0) is 0 Å². The van der Waals surface area contributed by atoms with Gasteiger partial charge in [-0.2, -0.15) is 25.5 Å². The van der Waals surface area contributed by atoms with Gasteiger partial charge in [0, 0.05) is 14.1 Å². The molecule has 1 aromatic rings. The standard InChI is InChI=1S/C9H10ClN7/c1-16(2)8-13-7(10)14-9(15-8)17(5-3-11)6-4-12/h5-6H2,1-2H3. The summed E-state index contributed by atoms with van der Waals surface area (Å²) in [6.45, 7) is 0.0293. The van der Waals surface area contributed by atoms with E-state index in [-0.39, 0.29) is 24.3 Å². The van der Waals surface area contributed by atoms with Crippen LogP contribution in [0.2, 0.25) is 5.28 Å². The van der Waals surface area contributed by atoms with Crippen molar-refractivity contribution in [3.8, 4) is 12.1 Å². The lowest BCUT2D eigenvalue weighted by atomic mass is 10.5. The van der Waals surface area contributed by atoms with E-state index >= 15 is 0 Å². The number of nitrogens with zero attached hydrogens (tertiary/aromatic N) is 7. The first kappa shape index (κ1) is 12.9. The van der Waals surface area contributed by atoms with Gasteiger partial charge in [-0.25, -0.2) is 0 Å². The third-order valence-corrected chi connectivity index (χ3v) is 1.96. The number of anilines is 2. The monoisotopic (exact) mass is 251 g/mol. The molecule has 0 saturated carbocycles. The Morgan fingerprint density at radius 2 is 1.59 bits per heavy atom. The van der Waals surface area contributed by atoms with Crippen LogP contribution in [0.5, 0.6) is 0 Å². The Kier molecular flexibility index (Phi) is 4.44. The summed E-state index contributed by atoms with van der Waals surface area (Å²) in [5, 5.41) is 17.3. The number of hydrogen-bond acceptors (Lipinski definition) is 7. The van der Waals surface area contributed by atoms with E-state index in [9.17, 15) is 0 Å². The molecule has 1 rings (SSSR count). The van der Waals surface area contributed by atoms with E-state index in [4.69, 9.17) is 22.1 Å². The summed E-state index contributed by atoms with van der Waals surface area (Å²) >= 11 is 5.76.